The Kier molecular flexibility index (Phi) is 1.75. The molecule has 2 rings (SSSR count). The normalized spacial score (nSPS) is 14.2. The van der Waals surface area contributed by atoms with Gasteiger partial charge in [-0.05, 0) is 24.1 Å². The first-order valence-corrected chi connectivity index (χ1v) is 4.12. The van der Waals surface area contributed by atoms with Crippen molar-refractivity contribution in [2.75, 3.05) is 6.54 Å². The van der Waals surface area contributed by atoms with E-state index in [1.807, 2.05) is 12.1 Å². The minimum Gasteiger partial charge on any atom is -0.352 e. The average molecular weight is 172 g/mol. The quantitative estimate of drug-likeness (QED) is 0.630. The maximum Gasteiger partial charge on any atom is 0.251 e. The lowest BCUT2D eigenvalue weighted by molar-refractivity contribution is 0.0946. The number of fused-ring (bicyclic) bond motifs is 1. The van der Waals surface area contributed by atoms with Gasteiger partial charge in [-0.1, -0.05) is 6.07 Å². The highest BCUT2D eigenvalue weighted by Crippen LogP contribution is 2.15. The molecule has 0 radical (unpaired) electrons. The predicted molar refractivity (Wildman–Crippen MR) is 47.2 cm³/mol. The maximum atomic E-state index is 11.3. The Morgan fingerprint density at radius 2 is 2.31 bits per heavy atom. The summed E-state index contributed by atoms with van der Waals surface area (Å²) in [5.41, 5.74) is 2.21. The lowest BCUT2D eigenvalue weighted by Crippen LogP contribution is -2.31. The van der Waals surface area contributed by atoms with Crippen LogP contribution in [0.4, 0.5) is 0 Å². The summed E-state index contributed by atoms with van der Waals surface area (Å²) < 4.78 is 0. The molecule has 1 aliphatic heterocycles. The van der Waals surface area contributed by atoms with Gasteiger partial charge in [0.15, 0.2) is 0 Å². The predicted octanol–water partition coefficient (Wildman–Crippen LogP) is 0.844. The number of nitrogens with one attached hydrogen (secondary N) is 1. The molecule has 0 atom stereocenters. The second-order valence-electron chi connectivity index (χ2n) is 2.99. The number of nitriles is 1. The van der Waals surface area contributed by atoms with Gasteiger partial charge in [-0.2, -0.15) is 5.26 Å². The highest BCUT2D eigenvalue weighted by atomic mass is 16.1. The number of carbonyl (C=O) groups excluding carboxylic acids is 1. The fourth-order valence-corrected chi connectivity index (χ4v) is 1.48. The molecular weight excluding hydrogens is 164 g/mol. The van der Waals surface area contributed by atoms with E-state index in [-0.39, 0.29) is 5.91 Å². The van der Waals surface area contributed by atoms with Crippen LogP contribution in [0, 0.1) is 11.3 Å². The van der Waals surface area contributed by atoms with Gasteiger partial charge < -0.3 is 5.32 Å². The zero-order chi connectivity index (χ0) is 9.26. The van der Waals surface area contributed by atoms with Crippen molar-refractivity contribution in [1.29, 1.82) is 5.26 Å². The fraction of sp³-hybridized carbons (Fsp3) is 0.200. The highest BCUT2D eigenvalue weighted by molar-refractivity contribution is 5.97. The Hall–Kier alpha value is -1.82. The molecule has 0 saturated carbocycles. The van der Waals surface area contributed by atoms with Gasteiger partial charge in [-0.3, -0.25) is 4.79 Å². The lowest BCUT2D eigenvalue weighted by atomic mass is 9.98. The molecule has 1 amide bonds. The molecule has 3 nitrogen and oxygen atoms in total. The molecule has 0 fully saturated rings. The zero-order valence-corrected chi connectivity index (χ0v) is 7.00. The van der Waals surface area contributed by atoms with Crippen LogP contribution in [0.25, 0.3) is 0 Å². The van der Waals surface area contributed by atoms with E-state index in [2.05, 4.69) is 5.32 Å². The van der Waals surface area contributed by atoms with Crippen LogP contribution < -0.4 is 5.32 Å². The third kappa shape index (κ3) is 1.27. The van der Waals surface area contributed by atoms with E-state index in [0.29, 0.717) is 17.7 Å². The second-order valence-corrected chi connectivity index (χ2v) is 2.99. The molecule has 3 heteroatoms. The molecule has 0 aliphatic carbocycles. The topological polar surface area (TPSA) is 52.9 Å². The van der Waals surface area contributed by atoms with Crippen molar-refractivity contribution in [3.63, 3.8) is 0 Å². The first kappa shape index (κ1) is 7.81. The monoisotopic (exact) mass is 172 g/mol. The van der Waals surface area contributed by atoms with Crippen LogP contribution in [0.1, 0.15) is 21.5 Å². The van der Waals surface area contributed by atoms with Gasteiger partial charge in [0.25, 0.3) is 5.91 Å². The average Bonchev–Trinajstić information content (AvgIpc) is 2.18. The van der Waals surface area contributed by atoms with Crippen molar-refractivity contribution in [2.24, 2.45) is 0 Å². The number of hydrogen-bond donors (Lipinski definition) is 1. The summed E-state index contributed by atoms with van der Waals surface area (Å²) in [4.78, 5) is 11.3. The summed E-state index contributed by atoms with van der Waals surface area (Å²) in [7, 11) is 0. The molecule has 1 aliphatic rings. The van der Waals surface area contributed by atoms with Crippen molar-refractivity contribution in [1.82, 2.24) is 5.32 Å². The summed E-state index contributed by atoms with van der Waals surface area (Å²) in [6.07, 6.45) is 0.854. The van der Waals surface area contributed by atoms with E-state index in [1.54, 1.807) is 12.1 Å². The molecule has 1 aromatic rings. The maximum absolute atomic E-state index is 11.3. The summed E-state index contributed by atoms with van der Waals surface area (Å²) >= 11 is 0. The van der Waals surface area contributed by atoms with Crippen molar-refractivity contribution >= 4 is 5.91 Å². The van der Waals surface area contributed by atoms with E-state index in [1.165, 1.54) is 0 Å². The van der Waals surface area contributed by atoms with Crippen LogP contribution in [0.5, 0.6) is 0 Å². The molecule has 0 bridgehead atoms. The van der Waals surface area contributed by atoms with Gasteiger partial charge in [-0.25, -0.2) is 0 Å². The van der Waals surface area contributed by atoms with Gasteiger partial charge in [0.05, 0.1) is 11.6 Å². The van der Waals surface area contributed by atoms with Gasteiger partial charge in [0.1, 0.15) is 0 Å². The molecule has 13 heavy (non-hydrogen) atoms. The molecule has 0 spiro atoms. The largest absolute Gasteiger partial charge is 0.352 e. The summed E-state index contributed by atoms with van der Waals surface area (Å²) in [6.45, 7) is 0.692. The van der Waals surface area contributed by atoms with E-state index in [9.17, 15) is 4.79 Å². The molecule has 1 aromatic carbocycles. The number of benzene rings is 1. The zero-order valence-electron chi connectivity index (χ0n) is 7.00. The Labute approximate surface area is 76.0 Å². The molecule has 0 unspecified atom stereocenters. The van der Waals surface area contributed by atoms with E-state index in [0.717, 1.165) is 12.0 Å². The first-order valence-electron chi connectivity index (χ1n) is 4.12. The highest BCUT2D eigenvalue weighted by Gasteiger charge is 2.16. The number of carbonyl (C=O) groups is 1. The summed E-state index contributed by atoms with van der Waals surface area (Å²) in [5, 5.41) is 11.4. The van der Waals surface area contributed by atoms with E-state index in [4.69, 9.17) is 5.26 Å². The minimum atomic E-state index is -0.0710. The Balaban J connectivity index is 2.55. The van der Waals surface area contributed by atoms with Crippen molar-refractivity contribution in [2.45, 2.75) is 6.42 Å². The standard InChI is InChI=1S/C10H8N2O/c11-6-7-1-2-8-3-4-12-10(13)9(8)5-7/h1-2,5H,3-4H2,(H,12,13). The third-order valence-electron chi connectivity index (χ3n) is 2.16. The lowest BCUT2D eigenvalue weighted by Gasteiger charge is -2.15. The van der Waals surface area contributed by atoms with E-state index >= 15 is 0 Å². The number of amides is 1. The van der Waals surface area contributed by atoms with Gasteiger partial charge in [0.2, 0.25) is 0 Å². The molecule has 0 aromatic heterocycles. The SMILES string of the molecule is N#Cc1ccc2c(c1)C(=O)NCC2. The number of hydrogen-bond acceptors (Lipinski definition) is 2. The molecule has 64 valence electrons. The second kappa shape index (κ2) is 2.91. The Morgan fingerprint density at radius 1 is 1.46 bits per heavy atom. The van der Waals surface area contributed by atoms with Crippen LogP contribution >= 0.6 is 0 Å². The van der Waals surface area contributed by atoms with Crippen LogP contribution in [0.2, 0.25) is 0 Å². The fourth-order valence-electron chi connectivity index (χ4n) is 1.48. The van der Waals surface area contributed by atoms with Crippen LogP contribution in [0.15, 0.2) is 18.2 Å². The van der Waals surface area contributed by atoms with E-state index < -0.39 is 0 Å². The van der Waals surface area contributed by atoms with Crippen molar-refractivity contribution in [3.8, 4) is 6.07 Å². The Bertz CT molecular complexity index is 404. The van der Waals surface area contributed by atoms with Gasteiger partial charge in [-0.15, -0.1) is 0 Å². The molecule has 1 N–H and O–H groups in total. The molecule has 1 heterocycles. The van der Waals surface area contributed by atoms with Crippen LogP contribution in [-0.4, -0.2) is 12.5 Å². The van der Waals surface area contributed by atoms with Crippen molar-refractivity contribution in [3.05, 3.63) is 34.9 Å². The van der Waals surface area contributed by atoms with Crippen LogP contribution in [0.3, 0.4) is 0 Å². The molecular formula is C10H8N2O. The molecule has 0 saturated heterocycles. The number of rotatable bonds is 0. The number of nitrogens with zero attached hydrogens (tertiary/aromatic N) is 1. The smallest absolute Gasteiger partial charge is 0.251 e. The van der Waals surface area contributed by atoms with Crippen molar-refractivity contribution < 1.29 is 4.79 Å². The van der Waals surface area contributed by atoms with Gasteiger partial charge in [0, 0.05) is 12.1 Å². The third-order valence-corrected chi connectivity index (χ3v) is 2.16. The first-order chi connectivity index (χ1) is 6.31. The summed E-state index contributed by atoms with van der Waals surface area (Å²) in [6, 6.07) is 7.26. The summed E-state index contributed by atoms with van der Waals surface area (Å²) in [5.74, 6) is -0.0710. The minimum absolute atomic E-state index is 0.0710. The van der Waals surface area contributed by atoms with Crippen LogP contribution in [-0.2, 0) is 6.42 Å². The van der Waals surface area contributed by atoms with Gasteiger partial charge >= 0.3 is 0 Å². The Morgan fingerprint density at radius 3 is 3.08 bits per heavy atom.